The van der Waals surface area contributed by atoms with E-state index in [1.54, 1.807) is 0 Å². The van der Waals surface area contributed by atoms with E-state index in [1.807, 2.05) is 0 Å². The molecule has 2 saturated heterocycles. The summed E-state index contributed by atoms with van der Waals surface area (Å²) in [6.45, 7) is 3.68. The van der Waals surface area contributed by atoms with Gasteiger partial charge < -0.3 is 15.0 Å². The van der Waals surface area contributed by atoms with E-state index in [1.165, 1.54) is 71.0 Å². The molecular weight excluding hydrogens is 224 g/mol. The molecule has 2 heterocycles. The molecule has 3 aliphatic rings. The Morgan fingerprint density at radius 2 is 1.83 bits per heavy atom. The van der Waals surface area contributed by atoms with Gasteiger partial charge in [0, 0.05) is 12.6 Å². The molecule has 1 unspecified atom stereocenters. The summed E-state index contributed by atoms with van der Waals surface area (Å²) in [5.74, 6) is 0. The Kier molecular flexibility index (Phi) is 3.92. The number of ether oxygens (including phenoxy) is 1. The highest BCUT2D eigenvalue weighted by Gasteiger charge is 2.42. The second-order valence-corrected chi connectivity index (χ2v) is 6.53. The normalized spacial score (nSPS) is 33.5. The molecule has 0 bridgehead atoms. The van der Waals surface area contributed by atoms with Crippen LogP contribution in [0.5, 0.6) is 0 Å². The van der Waals surface area contributed by atoms with Gasteiger partial charge in [-0.15, -0.1) is 0 Å². The van der Waals surface area contributed by atoms with Gasteiger partial charge in [0.25, 0.3) is 0 Å². The third-order valence-electron chi connectivity index (χ3n) is 5.31. The highest BCUT2D eigenvalue weighted by atomic mass is 16.5. The van der Waals surface area contributed by atoms with Crippen molar-refractivity contribution in [1.82, 2.24) is 10.2 Å². The van der Waals surface area contributed by atoms with E-state index in [4.69, 9.17) is 4.74 Å². The fourth-order valence-corrected chi connectivity index (χ4v) is 4.10. The number of nitrogens with zero attached hydrogens (tertiary/aromatic N) is 1. The molecule has 3 heteroatoms. The molecule has 18 heavy (non-hydrogen) atoms. The van der Waals surface area contributed by atoms with Crippen molar-refractivity contribution >= 4 is 0 Å². The first-order valence-electron chi connectivity index (χ1n) is 7.87. The molecule has 1 spiro atoms. The van der Waals surface area contributed by atoms with Gasteiger partial charge in [-0.1, -0.05) is 12.8 Å². The van der Waals surface area contributed by atoms with Crippen LogP contribution in [0.3, 0.4) is 0 Å². The van der Waals surface area contributed by atoms with Crippen LogP contribution in [0.15, 0.2) is 0 Å². The summed E-state index contributed by atoms with van der Waals surface area (Å²) in [6, 6.07) is 0.743. The van der Waals surface area contributed by atoms with Gasteiger partial charge in [-0.3, -0.25) is 0 Å². The fraction of sp³-hybridized carbons (Fsp3) is 1.00. The molecule has 1 saturated carbocycles. The molecule has 3 nitrogen and oxygen atoms in total. The van der Waals surface area contributed by atoms with Gasteiger partial charge in [-0.05, 0) is 58.7 Å². The maximum absolute atomic E-state index is 6.41. The van der Waals surface area contributed by atoms with E-state index in [9.17, 15) is 0 Å². The van der Waals surface area contributed by atoms with Crippen LogP contribution in [0.25, 0.3) is 0 Å². The lowest BCUT2D eigenvalue weighted by Crippen LogP contribution is -2.44. The quantitative estimate of drug-likeness (QED) is 0.833. The molecule has 3 rings (SSSR count). The van der Waals surface area contributed by atoms with Gasteiger partial charge in [0.1, 0.15) is 0 Å². The number of hydrogen-bond donors (Lipinski definition) is 1. The summed E-state index contributed by atoms with van der Waals surface area (Å²) in [5.41, 5.74) is 0.313. The predicted octanol–water partition coefficient (Wildman–Crippen LogP) is 2.16. The summed E-state index contributed by atoms with van der Waals surface area (Å²) in [7, 11) is 2.09. The molecule has 2 aliphatic heterocycles. The number of likely N-dealkylation sites (tertiary alicyclic amines) is 1. The highest BCUT2D eigenvalue weighted by Crippen LogP contribution is 2.43. The van der Waals surface area contributed by atoms with Crippen molar-refractivity contribution in [2.24, 2.45) is 0 Å². The topological polar surface area (TPSA) is 24.5 Å². The Bertz CT molecular complexity index is 268. The lowest BCUT2D eigenvalue weighted by atomic mass is 9.98. The van der Waals surface area contributed by atoms with Crippen molar-refractivity contribution in [3.05, 3.63) is 0 Å². The Morgan fingerprint density at radius 3 is 2.50 bits per heavy atom. The van der Waals surface area contributed by atoms with Gasteiger partial charge in [-0.25, -0.2) is 0 Å². The van der Waals surface area contributed by atoms with Gasteiger partial charge in [0.2, 0.25) is 0 Å². The smallest absolute Gasteiger partial charge is 0.0710 e. The number of nitrogens with one attached hydrogen (secondary N) is 1. The highest BCUT2D eigenvalue weighted by molar-refractivity contribution is 4.93. The zero-order valence-corrected chi connectivity index (χ0v) is 11.8. The lowest BCUT2D eigenvalue weighted by Gasteiger charge is -2.33. The summed E-state index contributed by atoms with van der Waals surface area (Å²) >= 11 is 0. The van der Waals surface area contributed by atoms with E-state index in [0.29, 0.717) is 11.7 Å². The van der Waals surface area contributed by atoms with Gasteiger partial charge in [0.15, 0.2) is 0 Å². The molecule has 0 aromatic rings. The second-order valence-electron chi connectivity index (χ2n) is 6.53. The summed E-state index contributed by atoms with van der Waals surface area (Å²) in [5, 5.41) is 3.40. The molecule has 104 valence electrons. The first-order valence-corrected chi connectivity index (χ1v) is 7.87. The van der Waals surface area contributed by atoms with Crippen molar-refractivity contribution < 1.29 is 4.74 Å². The first-order chi connectivity index (χ1) is 8.80. The van der Waals surface area contributed by atoms with Crippen LogP contribution in [0.2, 0.25) is 0 Å². The molecule has 1 aliphatic carbocycles. The third-order valence-corrected chi connectivity index (χ3v) is 5.31. The molecule has 0 aromatic carbocycles. The Morgan fingerprint density at radius 1 is 1.11 bits per heavy atom. The summed E-state index contributed by atoms with van der Waals surface area (Å²) < 4.78 is 6.41. The minimum atomic E-state index is 0.313. The van der Waals surface area contributed by atoms with Crippen LogP contribution < -0.4 is 5.32 Å². The Balaban J connectivity index is 1.44. The number of hydrogen-bond acceptors (Lipinski definition) is 3. The third kappa shape index (κ3) is 2.73. The van der Waals surface area contributed by atoms with Crippen LogP contribution in [-0.2, 0) is 4.74 Å². The maximum atomic E-state index is 6.41. The Hall–Kier alpha value is -0.120. The lowest BCUT2D eigenvalue weighted by molar-refractivity contribution is -0.0492. The van der Waals surface area contributed by atoms with E-state index in [-0.39, 0.29) is 0 Å². The Labute approximate surface area is 111 Å². The van der Waals surface area contributed by atoms with Crippen LogP contribution in [-0.4, -0.2) is 49.3 Å². The van der Waals surface area contributed by atoms with E-state index >= 15 is 0 Å². The maximum Gasteiger partial charge on any atom is 0.0710 e. The number of rotatable bonds is 3. The summed E-state index contributed by atoms with van der Waals surface area (Å²) in [4.78, 5) is 2.62. The van der Waals surface area contributed by atoms with Crippen molar-refractivity contribution in [3.8, 4) is 0 Å². The average Bonchev–Trinajstić information content (AvgIpc) is 3.02. The molecule has 1 atom stereocenters. The van der Waals surface area contributed by atoms with E-state index in [2.05, 4.69) is 17.3 Å². The molecule has 0 radical (unpaired) electrons. The molecule has 3 fully saturated rings. The van der Waals surface area contributed by atoms with E-state index in [0.717, 1.165) is 6.04 Å². The molecule has 0 amide bonds. The molecule has 1 N–H and O–H groups in total. The van der Waals surface area contributed by atoms with Crippen molar-refractivity contribution in [2.75, 3.05) is 26.7 Å². The number of piperidine rings is 1. The van der Waals surface area contributed by atoms with Gasteiger partial charge in [-0.2, -0.15) is 0 Å². The monoisotopic (exact) mass is 252 g/mol. The standard InChI is InChI=1S/C15H28N2O/c1-16-13-5-10-17(11-6-13)12-14-4-9-15(18-14)7-2-3-8-15/h13-14,16H,2-12H2,1H3. The summed E-state index contributed by atoms with van der Waals surface area (Å²) in [6.07, 6.45) is 11.2. The van der Waals surface area contributed by atoms with Crippen molar-refractivity contribution in [3.63, 3.8) is 0 Å². The SMILES string of the molecule is CNC1CCN(CC2CCC3(CCCC3)O2)CC1. The zero-order valence-electron chi connectivity index (χ0n) is 11.8. The van der Waals surface area contributed by atoms with Crippen LogP contribution in [0, 0.1) is 0 Å². The zero-order chi connectivity index (χ0) is 12.4. The molecular formula is C15H28N2O. The first kappa shape index (κ1) is 12.9. The van der Waals surface area contributed by atoms with Crippen LogP contribution >= 0.6 is 0 Å². The van der Waals surface area contributed by atoms with E-state index < -0.39 is 0 Å². The largest absolute Gasteiger partial charge is 0.370 e. The van der Waals surface area contributed by atoms with Crippen LogP contribution in [0.4, 0.5) is 0 Å². The fourth-order valence-electron chi connectivity index (χ4n) is 4.10. The van der Waals surface area contributed by atoms with Gasteiger partial charge >= 0.3 is 0 Å². The molecule has 0 aromatic heterocycles. The van der Waals surface area contributed by atoms with Crippen molar-refractivity contribution in [2.45, 2.75) is 69.1 Å². The predicted molar refractivity (Wildman–Crippen MR) is 73.8 cm³/mol. The van der Waals surface area contributed by atoms with Crippen molar-refractivity contribution in [1.29, 1.82) is 0 Å². The van der Waals surface area contributed by atoms with Crippen LogP contribution in [0.1, 0.15) is 51.4 Å². The average molecular weight is 252 g/mol. The minimum Gasteiger partial charge on any atom is -0.370 e. The second kappa shape index (κ2) is 5.48. The minimum absolute atomic E-state index is 0.313. The van der Waals surface area contributed by atoms with Gasteiger partial charge in [0.05, 0.1) is 11.7 Å².